The number of benzene rings is 1. The summed E-state index contributed by atoms with van der Waals surface area (Å²) in [5.41, 5.74) is -0.133. The summed E-state index contributed by atoms with van der Waals surface area (Å²) < 4.78 is 23.5. The fourth-order valence-electron chi connectivity index (χ4n) is 2.79. The van der Waals surface area contributed by atoms with Gasteiger partial charge in [0.2, 0.25) is 5.39 Å². The minimum atomic E-state index is -3.97. The van der Waals surface area contributed by atoms with Gasteiger partial charge in [-0.25, -0.2) is 4.57 Å². The van der Waals surface area contributed by atoms with Gasteiger partial charge in [-0.3, -0.25) is 0 Å². The van der Waals surface area contributed by atoms with E-state index in [0.717, 1.165) is 5.56 Å². The van der Waals surface area contributed by atoms with Gasteiger partial charge < -0.3 is 19.1 Å². The first-order valence-electron chi connectivity index (χ1n) is 8.64. The van der Waals surface area contributed by atoms with Gasteiger partial charge in [-0.05, 0) is 47.1 Å². The van der Waals surface area contributed by atoms with Gasteiger partial charge in [0.15, 0.2) is 4.98 Å². The van der Waals surface area contributed by atoms with E-state index < -0.39 is 24.5 Å². The van der Waals surface area contributed by atoms with Crippen LogP contribution >= 0.6 is 7.60 Å². The van der Waals surface area contributed by atoms with Crippen LogP contribution in [0.25, 0.3) is 4.98 Å². The van der Waals surface area contributed by atoms with Crippen LogP contribution in [0.2, 0.25) is 0 Å². The summed E-state index contributed by atoms with van der Waals surface area (Å²) in [6.07, 6.45) is 0. The van der Waals surface area contributed by atoms with E-state index in [2.05, 4.69) is 4.98 Å². The summed E-state index contributed by atoms with van der Waals surface area (Å²) in [6, 6.07) is 9.27. The van der Waals surface area contributed by atoms with Gasteiger partial charge in [-0.2, -0.15) is 0 Å². The molecule has 7 nitrogen and oxygen atoms in total. The molecule has 0 saturated heterocycles. The molecule has 0 spiro atoms. The van der Waals surface area contributed by atoms with Crippen molar-refractivity contribution in [2.45, 2.75) is 53.1 Å². The molecule has 0 aliphatic rings. The van der Waals surface area contributed by atoms with Crippen molar-refractivity contribution in [3.05, 3.63) is 52.2 Å². The lowest BCUT2D eigenvalue weighted by Crippen LogP contribution is -2.42. The van der Waals surface area contributed by atoms with Gasteiger partial charge in [-0.1, -0.05) is 30.3 Å². The summed E-state index contributed by atoms with van der Waals surface area (Å²) in [7, 11) is -3.97. The second kappa shape index (κ2) is 9.18. The Morgan fingerprint density at radius 1 is 1.23 bits per heavy atom. The summed E-state index contributed by atoms with van der Waals surface area (Å²) in [4.78, 5) is 4.71. The number of rotatable bonds is 8. The monoisotopic (exact) mass is 382 g/mol. The molecular formula is C18H29N3O4P+. The number of aliphatic hydroxyl groups is 1. The van der Waals surface area contributed by atoms with Crippen LogP contribution in [-0.4, -0.2) is 28.8 Å². The average molecular weight is 382 g/mol. The summed E-state index contributed by atoms with van der Waals surface area (Å²) in [5, 5.41) is 20.4. The smallest absolute Gasteiger partial charge is 0.489 e. The summed E-state index contributed by atoms with van der Waals surface area (Å²) in [6.45, 7) is 11.0. The molecule has 0 fully saturated rings. The van der Waals surface area contributed by atoms with E-state index in [1.165, 1.54) is 0 Å². The topological polar surface area (TPSA) is 87.1 Å². The van der Waals surface area contributed by atoms with E-state index in [1.54, 1.807) is 18.7 Å². The second-order valence-corrected chi connectivity index (χ2v) is 8.64. The largest absolute Gasteiger partial charge is 0.528 e. The van der Waals surface area contributed by atoms with Gasteiger partial charge in [0.05, 0.1) is 19.3 Å². The molecule has 1 rings (SSSR count). The summed E-state index contributed by atoms with van der Waals surface area (Å²) >= 11 is 0. The molecule has 1 unspecified atom stereocenters. The number of aliphatic hydroxyl groups excluding tert-OH is 1. The molecule has 0 saturated carbocycles. The quantitative estimate of drug-likeness (QED) is 0.355. The lowest BCUT2D eigenvalue weighted by molar-refractivity contribution is 0.0668. The van der Waals surface area contributed by atoms with Crippen LogP contribution in [0.5, 0.6) is 0 Å². The van der Waals surface area contributed by atoms with Crippen molar-refractivity contribution < 1.29 is 18.7 Å². The van der Waals surface area contributed by atoms with Crippen LogP contribution < -0.4 is 0 Å². The van der Waals surface area contributed by atoms with Crippen molar-refractivity contribution >= 4 is 7.60 Å². The van der Waals surface area contributed by atoms with E-state index in [9.17, 15) is 15.1 Å². The lowest BCUT2D eigenvalue weighted by Gasteiger charge is -2.40. The third kappa shape index (κ3) is 5.07. The average Bonchev–Trinajstić information content (AvgIpc) is 2.55. The van der Waals surface area contributed by atoms with Crippen LogP contribution in [0.1, 0.15) is 53.1 Å². The first kappa shape index (κ1) is 22.2. The third-order valence-electron chi connectivity index (χ3n) is 3.77. The Balaban J connectivity index is 3.55. The molecule has 144 valence electrons. The fourth-order valence-corrected chi connectivity index (χ4v) is 4.25. The maximum Gasteiger partial charge on any atom is 0.528 e. The van der Waals surface area contributed by atoms with E-state index >= 15 is 0 Å². The van der Waals surface area contributed by atoms with Gasteiger partial charge >= 0.3 is 13.0 Å². The second-order valence-electron chi connectivity index (χ2n) is 6.71. The number of hydrogen-bond donors (Lipinski definition) is 1. The first-order valence-corrected chi connectivity index (χ1v) is 10.2. The Bertz CT molecular complexity index is 697. The van der Waals surface area contributed by atoms with Gasteiger partial charge in [0.1, 0.15) is 0 Å². The summed E-state index contributed by atoms with van der Waals surface area (Å²) in [5.74, 6) is -0.443. The van der Waals surface area contributed by atoms with E-state index in [-0.39, 0.29) is 19.3 Å². The van der Waals surface area contributed by atoms with E-state index in [1.807, 2.05) is 58.0 Å². The minimum absolute atomic E-state index is 0.0767. The first-order chi connectivity index (χ1) is 12.1. The predicted molar refractivity (Wildman–Crippen MR) is 102 cm³/mol. The van der Waals surface area contributed by atoms with Gasteiger partial charge in [0.25, 0.3) is 5.88 Å². The fraction of sp³-hybridized carbons (Fsp3) is 0.556. The molecule has 0 radical (unpaired) electrons. The highest BCUT2D eigenvalue weighted by Crippen LogP contribution is 2.58. The van der Waals surface area contributed by atoms with Crippen molar-refractivity contribution in [1.82, 2.24) is 4.90 Å². The highest BCUT2D eigenvalue weighted by atomic mass is 31.2. The Morgan fingerprint density at radius 3 is 2.12 bits per heavy atom. The van der Waals surface area contributed by atoms with Crippen LogP contribution in [0.4, 0.5) is 0 Å². The van der Waals surface area contributed by atoms with Crippen LogP contribution in [-0.2, 0) is 13.6 Å². The molecule has 0 amide bonds. The van der Waals surface area contributed by atoms with E-state index in [4.69, 9.17) is 9.05 Å². The highest BCUT2D eigenvalue weighted by Gasteiger charge is 2.49. The SMILES string of the molecule is CCOP(=O)(OCC)/C([N+]#N)=C(\O)N(C(C)c1ccccc1)C(C)(C)C. The molecule has 1 aromatic rings. The molecule has 26 heavy (non-hydrogen) atoms. The molecule has 1 N–H and O–H groups in total. The lowest BCUT2D eigenvalue weighted by atomic mass is 9.99. The molecule has 0 aliphatic heterocycles. The predicted octanol–water partition coefficient (Wildman–Crippen LogP) is 5.65. The minimum Gasteiger partial charge on any atom is -0.489 e. The molecule has 0 aliphatic carbocycles. The normalized spacial score (nSPS) is 14.3. The Morgan fingerprint density at radius 2 is 1.73 bits per heavy atom. The molecule has 8 heteroatoms. The number of diazo groups is 1. The van der Waals surface area contributed by atoms with Crippen molar-refractivity contribution in [3.8, 4) is 0 Å². The maximum atomic E-state index is 13.0. The number of nitrogens with zero attached hydrogens (tertiary/aromatic N) is 3. The Hall–Kier alpha value is -1.87. The van der Waals surface area contributed by atoms with Crippen LogP contribution in [0, 0.1) is 5.39 Å². The van der Waals surface area contributed by atoms with Crippen LogP contribution in [0.15, 0.2) is 41.7 Å². The zero-order valence-corrected chi connectivity index (χ0v) is 17.2. The molecule has 1 aromatic carbocycles. The standard InChI is InChI=1S/C18H28N3O4P/c1-7-24-26(23,25-8-2)16(20-19)17(22)21(18(4,5)6)14(3)15-12-10-9-11-13-15/h9-14H,7-8H2,1-6H3/p+1. The molecular weight excluding hydrogens is 353 g/mol. The van der Waals surface area contributed by atoms with Crippen molar-refractivity contribution in [3.63, 3.8) is 0 Å². The Labute approximate surface area is 155 Å². The highest BCUT2D eigenvalue weighted by molar-refractivity contribution is 7.58. The number of hydrogen-bond acceptors (Lipinski definition) is 6. The third-order valence-corrected chi connectivity index (χ3v) is 5.78. The van der Waals surface area contributed by atoms with Crippen molar-refractivity contribution in [1.29, 1.82) is 5.39 Å². The van der Waals surface area contributed by atoms with Crippen molar-refractivity contribution in [2.24, 2.45) is 0 Å². The molecule has 0 heterocycles. The zero-order valence-electron chi connectivity index (χ0n) is 16.3. The molecule has 1 atom stereocenters. The van der Waals surface area contributed by atoms with Gasteiger partial charge in [0, 0.05) is 5.54 Å². The van der Waals surface area contributed by atoms with Gasteiger partial charge in [-0.15, -0.1) is 0 Å². The maximum absolute atomic E-state index is 13.0. The Kier molecular flexibility index (Phi) is 7.83. The molecule has 0 bridgehead atoms. The van der Waals surface area contributed by atoms with Crippen LogP contribution in [0.3, 0.4) is 0 Å². The van der Waals surface area contributed by atoms with Crippen molar-refractivity contribution in [2.75, 3.05) is 13.2 Å². The van der Waals surface area contributed by atoms with E-state index in [0.29, 0.717) is 0 Å². The zero-order chi connectivity index (χ0) is 20.0. The molecule has 0 aromatic heterocycles.